The monoisotopic (exact) mass is 367 g/mol. The van der Waals surface area contributed by atoms with Crippen LogP contribution in [0.3, 0.4) is 0 Å². The number of nitrogens with one attached hydrogen (secondary N) is 1. The normalized spacial score (nSPS) is 10.0. The first-order chi connectivity index (χ1) is 12.0. The molecule has 0 aliphatic heterocycles. The number of amides is 1. The molecule has 1 aromatic heterocycles. The van der Waals surface area contributed by atoms with Crippen LogP contribution in [0.2, 0.25) is 0 Å². The summed E-state index contributed by atoms with van der Waals surface area (Å²) in [6.45, 7) is -0.965. The van der Waals surface area contributed by atoms with Crippen LogP contribution >= 0.6 is 11.3 Å². The van der Waals surface area contributed by atoms with E-state index in [1.54, 1.807) is 5.38 Å². The zero-order chi connectivity index (χ0) is 18.2. The third-order valence-electron chi connectivity index (χ3n) is 2.84. The fraction of sp³-hybridized carbons (Fsp3) is 0.188. The fourth-order valence-electron chi connectivity index (χ4n) is 1.71. The van der Waals surface area contributed by atoms with Crippen LogP contribution in [0.15, 0.2) is 35.7 Å². The van der Waals surface area contributed by atoms with E-state index in [9.17, 15) is 18.8 Å². The number of hydrogen-bond acceptors (Lipinski definition) is 7. The lowest BCUT2D eigenvalue weighted by Gasteiger charge is -2.08. The van der Waals surface area contributed by atoms with E-state index in [-0.39, 0.29) is 10.6 Å². The Bertz CT molecular complexity index is 758. The average molecular weight is 367 g/mol. The Labute approximate surface area is 146 Å². The number of esters is 2. The molecule has 1 aromatic carbocycles. The van der Waals surface area contributed by atoms with Gasteiger partial charge in [-0.15, -0.1) is 11.3 Å². The molecule has 0 saturated carbocycles. The van der Waals surface area contributed by atoms with Gasteiger partial charge in [0.1, 0.15) is 16.4 Å². The van der Waals surface area contributed by atoms with Gasteiger partial charge in [-0.1, -0.05) is 0 Å². The van der Waals surface area contributed by atoms with Crippen LogP contribution < -0.4 is 10.1 Å². The minimum atomic E-state index is -0.766. The molecular weight excluding hydrogens is 353 g/mol. The van der Waals surface area contributed by atoms with Crippen molar-refractivity contribution in [2.45, 2.75) is 0 Å². The lowest BCUT2D eigenvalue weighted by Crippen LogP contribution is -2.24. The van der Waals surface area contributed by atoms with E-state index in [4.69, 9.17) is 9.47 Å². The largest absolute Gasteiger partial charge is 0.482 e. The summed E-state index contributed by atoms with van der Waals surface area (Å²) in [7, 11) is 1.23. The predicted octanol–water partition coefficient (Wildman–Crippen LogP) is 2.23. The van der Waals surface area contributed by atoms with Crippen molar-refractivity contribution in [3.8, 4) is 5.75 Å². The lowest BCUT2D eigenvalue weighted by molar-refractivity contribution is -0.149. The van der Waals surface area contributed by atoms with Crippen LogP contribution in [0.1, 0.15) is 9.67 Å². The van der Waals surface area contributed by atoms with E-state index in [0.717, 1.165) is 11.3 Å². The maximum absolute atomic E-state index is 12.7. The molecule has 0 unspecified atom stereocenters. The molecule has 7 nitrogen and oxygen atoms in total. The molecule has 1 N–H and O–H groups in total. The van der Waals surface area contributed by atoms with Gasteiger partial charge in [-0.2, -0.15) is 0 Å². The van der Waals surface area contributed by atoms with Crippen molar-refractivity contribution < 1.29 is 33.0 Å². The molecule has 0 aliphatic carbocycles. The van der Waals surface area contributed by atoms with Crippen LogP contribution in [-0.4, -0.2) is 38.2 Å². The van der Waals surface area contributed by atoms with Crippen LogP contribution in [-0.2, 0) is 19.1 Å². The number of ether oxygens (including phenoxy) is 3. The van der Waals surface area contributed by atoms with E-state index < -0.39 is 36.9 Å². The van der Waals surface area contributed by atoms with Gasteiger partial charge in [0.25, 0.3) is 5.91 Å². The standard InChI is InChI=1S/C16H14FNO6S/c1-22-16(21)15-12(6-7-25-15)18-13(19)8-24-14(20)9-23-11-4-2-10(17)3-5-11/h2-7H,8-9H2,1H3,(H,18,19). The topological polar surface area (TPSA) is 90.9 Å². The van der Waals surface area contributed by atoms with Gasteiger partial charge in [0.2, 0.25) is 0 Å². The van der Waals surface area contributed by atoms with Crippen LogP contribution in [0.5, 0.6) is 5.75 Å². The zero-order valence-electron chi connectivity index (χ0n) is 13.1. The van der Waals surface area contributed by atoms with Crippen molar-refractivity contribution in [1.82, 2.24) is 0 Å². The number of carbonyl (C=O) groups excluding carboxylic acids is 3. The second kappa shape index (κ2) is 8.78. The average Bonchev–Trinajstić information content (AvgIpc) is 3.06. The lowest BCUT2D eigenvalue weighted by atomic mass is 10.3. The molecule has 25 heavy (non-hydrogen) atoms. The number of rotatable bonds is 7. The second-order valence-electron chi connectivity index (χ2n) is 4.61. The Morgan fingerprint density at radius 2 is 1.84 bits per heavy atom. The number of benzene rings is 1. The molecule has 1 heterocycles. The molecule has 132 valence electrons. The summed E-state index contributed by atoms with van der Waals surface area (Å²) in [6.07, 6.45) is 0. The molecule has 0 spiro atoms. The van der Waals surface area contributed by atoms with Crippen LogP contribution in [0.25, 0.3) is 0 Å². The number of hydrogen-bond donors (Lipinski definition) is 1. The number of carbonyl (C=O) groups is 3. The first kappa shape index (κ1) is 18.4. The highest BCUT2D eigenvalue weighted by Gasteiger charge is 2.16. The Hall–Kier alpha value is -2.94. The summed E-state index contributed by atoms with van der Waals surface area (Å²) in [5.41, 5.74) is 0.278. The summed E-state index contributed by atoms with van der Waals surface area (Å²) >= 11 is 1.11. The van der Waals surface area contributed by atoms with E-state index in [2.05, 4.69) is 10.1 Å². The maximum atomic E-state index is 12.7. The second-order valence-corrected chi connectivity index (χ2v) is 5.52. The summed E-state index contributed by atoms with van der Waals surface area (Å²) in [4.78, 5) is 35.0. The van der Waals surface area contributed by atoms with Crippen molar-refractivity contribution in [1.29, 1.82) is 0 Å². The molecule has 2 rings (SSSR count). The van der Waals surface area contributed by atoms with E-state index in [0.29, 0.717) is 5.75 Å². The molecule has 0 radical (unpaired) electrons. The molecule has 0 atom stereocenters. The van der Waals surface area contributed by atoms with E-state index >= 15 is 0 Å². The summed E-state index contributed by atoms with van der Waals surface area (Å²) in [5.74, 6) is -2.08. The Kier molecular flexibility index (Phi) is 6.47. The summed E-state index contributed by atoms with van der Waals surface area (Å²) < 4.78 is 27.2. The number of halogens is 1. The number of thiophene rings is 1. The smallest absolute Gasteiger partial charge is 0.350 e. The van der Waals surface area contributed by atoms with Gasteiger partial charge in [-0.05, 0) is 35.7 Å². The molecule has 0 saturated heterocycles. The molecular formula is C16H14FNO6S. The minimum Gasteiger partial charge on any atom is -0.482 e. The summed E-state index contributed by atoms with van der Waals surface area (Å²) in [5, 5.41) is 4.07. The summed E-state index contributed by atoms with van der Waals surface area (Å²) in [6, 6.07) is 6.64. The predicted molar refractivity (Wildman–Crippen MR) is 87.1 cm³/mol. The highest BCUT2D eigenvalue weighted by atomic mass is 32.1. The molecule has 0 bridgehead atoms. The van der Waals surface area contributed by atoms with Gasteiger partial charge in [0.05, 0.1) is 12.8 Å². The van der Waals surface area contributed by atoms with Crippen molar-refractivity contribution >= 4 is 34.9 Å². The molecule has 2 aromatic rings. The van der Waals surface area contributed by atoms with Crippen molar-refractivity contribution in [3.05, 3.63) is 46.4 Å². The third-order valence-corrected chi connectivity index (χ3v) is 3.74. The minimum absolute atomic E-state index is 0.238. The van der Waals surface area contributed by atoms with Gasteiger partial charge >= 0.3 is 11.9 Å². The van der Waals surface area contributed by atoms with Gasteiger partial charge in [-0.25, -0.2) is 14.0 Å². The van der Waals surface area contributed by atoms with Gasteiger partial charge in [0, 0.05) is 0 Å². The number of methoxy groups -OCH3 is 1. The van der Waals surface area contributed by atoms with E-state index in [1.165, 1.54) is 37.4 Å². The molecule has 1 amide bonds. The van der Waals surface area contributed by atoms with Gasteiger partial charge in [0.15, 0.2) is 13.2 Å². The van der Waals surface area contributed by atoms with E-state index in [1.807, 2.05) is 0 Å². The third kappa shape index (κ3) is 5.57. The van der Waals surface area contributed by atoms with Crippen molar-refractivity contribution in [3.63, 3.8) is 0 Å². The highest BCUT2D eigenvalue weighted by Crippen LogP contribution is 2.22. The maximum Gasteiger partial charge on any atom is 0.350 e. The molecule has 0 aliphatic rings. The van der Waals surface area contributed by atoms with Crippen LogP contribution in [0.4, 0.5) is 10.1 Å². The van der Waals surface area contributed by atoms with Gasteiger partial charge in [-0.3, -0.25) is 4.79 Å². The Balaban J connectivity index is 1.76. The van der Waals surface area contributed by atoms with Crippen LogP contribution in [0, 0.1) is 5.82 Å². The fourth-order valence-corrected chi connectivity index (χ4v) is 2.47. The first-order valence-corrected chi connectivity index (χ1v) is 7.87. The van der Waals surface area contributed by atoms with Gasteiger partial charge < -0.3 is 19.5 Å². The SMILES string of the molecule is COC(=O)c1sccc1NC(=O)COC(=O)COc1ccc(F)cc1. The molecule has 9 heteroatoms. The van der Waals surface area contributed by atoms with Crippen molar-refractivity contribution in [2.24, 2.45) is 0 Å². The number of anilines is 1. The zero-order valence-corrected chi connectivity index (χ0v) is 13.9. The first-order valence-electron chi connectivity index (χ1n) is 6.99. The molecule has 0 fully saturated rings. The Morgan fingerprint density at radius 3 is 2.52 bits per heavy atom. The highest BCUT2D eigenvalue weighted by molar-refractivity contribution is 7.12. The quantitative estimate of drug-likeness (QED) is 0.755. The van der Waals surface area contributed by atoms with Crippen molar-refractivity contribution in [2.75, 3.05) is 25.6 Å². The Morgan fingerprint density at radius 1 is 1.12 bits per heavy atom.